The molecule has 0 amide bonds. The molecule has 0 heterocycles. The van der Waals surface area contributed by atoms with Crippen LogP contribution in [0.2, 0.25) is 0 Å². The van der Waals surface area contributed by atoms with Crippen LogP contribution in [0.15, 0.2) is 55.9 Å². The summed E-state index contributed by atoms with van der Waals surface area (Å²) in [5, 5.41) is 9.31. The van der Waals surface area contributed by atoms with Gasteiger partial charge in [0.1, 0.15) is 5.92 Å². The van der Waals surface area contributed by atoms with E-state index >= 15 is 0 Å². The van der Waals surface area contributed by atoms with Crippen molar-refractivity contribution in [2.24, 2.45) is 0 Å². The lowest BCUT2D eigenvalue weighted by molar-refractivity contribution is 0.0978. The molecule has 2 aromatic rings. The first-order chi connectivity index (χ1) is 9.51. The number of ketones is 1. The van der Waals surface area contributed by atoms with Crippen molar-refractivity contribution < 1.29 is 4.79 Å². The minimum Gasteiger partial charge on any atom is -0.292 e. The second kappa shape index (κ2) is 6.66. The number of carbonyl (C=O) groups is 1. The van der Waals surface area contributed by atoms with Crippen LogP contribution in [0.3, 0.4) is 0 Å². The third-order valence-corrected chi connectivity index (χ3v) is 4.19. The van der Waals surface area contributed by atoms with Gasteiger partial charge in [0, 0.05) is 19.0 Å². The van der Waals surface area contributed by atoms with Gasteiger partial charge in [0.25, 0.3) is 0 Å². The summed E-state index contributed by atoms with van der Waals surface area (Å²) in [7, 11) is 0. The third-order valence-electron chi connectivity index (χ3n) is 2.74. The molecule has 0 bridgehead atoms. The van der Waals surface area contributed by atoms with Gasteiger partial charge in [-0.2, -0.15) is 5.26 Å². The molecule has 2 aromatic carbocycles. The van der Waals surface area contributed by atoms with Gasteiger partial charge in [-0.1, -0.05) is 59.9 Å². The first kappa shape index (κ1) is 15.4. The summed E-state index contributed by atoms with van der Waals surface area (Å²) in [5.74, 6) is -1.01. The van der Waals surface area contributed by atoms with Crippen LogP contribution in [-0.2, 0) is 0 Å². The Hall–Kier alpha value is -0.960. The number of hydrogen-bond donors (Lipinski definition) is 0. The summed E-state index contributed by atoms with van der Waals surface area (Å²) in [6.07, 6.45) is 0. The van der Waals surface area contributed by atoms with Gasteiger partial charge in [-0.25, -0.2) is 0 Å². The Bertz CT molecular complexity index is 669. The van der Waals surface area contributed by atoms with E-state index in [0.29, 0.717) is 11.1 Å². The Morgan fingerprint density at radius 3 is 2.00 bits per heavy atom. The Kier molecular flexibility index (Phi) is 5.14. The maximum atomic E-state index is 12.5. The van der Waals surface area contributed by atoms with Gasteiger partial charge in [-0.05, 0) is 35.9 Å². The maximum absolute atomic E-state index is 12.5. The first-order valence-electron chi connectivity index (χ1n) is 5.66. The van der Waals surface area contributed by atoms with E-state index in [2.05, 4.69) is 53.9 Å². The van der Waals surface area contributed by atoms with Crippen molar-refractivity contribution in [1.82, 2.24) is 0 Å². The topological polar surface area (TPSA) is 40.9 Å². The van der Waals surface area contributed by atoms with Crippen molar-refractivity contribution in [3.8, 4) is 6.07 Å². The normalized spacial score (nSPS) is 11.7. The monoisotopic (exact) mass is 455 g/mol. The van der Waals surface area contributed by atoms with Crippen LogP contribution >= 0.6 is 47.8 Å². The van der Waals surface area contributed by atoms with Crippen LogP contribution in [0.4, 0.5) is 0 Å². The summed E-state index contributed by atoms with van der Waals surface area (Å²) in [4.78, 5) is 12.5. The molecule has 0 spiro atoms. The fourth-order valence-corrected chi connectivity index (χ4v) is 3.36. The van der Waals surface area contributed by atoms with Crippen molar-refractivity contribution in [3.05, 3.63) is 67.0 Å². The Morgan fingerprint density at radius 1 is 0.950 bits per heavy atom. The van der Waals surface area contributed by atoms with E-state index in [9.17, 15) is 10.1 Å². The fraction of sp³-hybridized carbons (Fsp3) is 0.0667. The third kappa shape index (κ3) is 3.57. The van der Waals surface area contributed by atoms with Crippen LogP contribution in [0.5, 0.6) is 0 Å². The minimum absolute atomic E-state index is 0.211. The zero-order valence-electron chi connectivity index (χ0n) is 10.1. The first-order valence-corrected chi connectivity index (χ1v) is 8.04. The summed E-state index contributed by atoms with van der Waals surface area (Å²) < 4.78 is 2.50. The number of carbonyl (C=O) groups excluding carboxylic acids is 1. The molecular formula is C15H8Br3NO. The number of nitrogens with zero attached hydrogens (tertiary/aromatic N) is 1. The predicted octanol–water partition coefficient (Wildman–Crippen LogP) is 5.46. The smallest absolute Gasteiger partial charge is 0.184 e. The molecule has 0 fully saturated rings. The Morgan fingerprint density at radius 2 is 1.50 bits per heavy atom. The summed E-state index contributed by atoms with van der Waals surface area (Å²) >= 11 is 10.0. The quantitative estimate of drug-likeness (QED) is 0.574. The molecule has 2 rings (SSSR count). The van der Waals surface area contributed by atoms with E-state index in [4.69, 9.17) is 0 Å². The van der Waals surface area contributed by atoms with E-state index in [-0.39, 0.29) is 5.78 Å². The lowest BCUT2D eigenvalue weighted by Crippen LogP contribution is -2.11. The van der Waals surface area contributed by atoms with Crippen molar-refractivity contribution in [2.75, 3.05) is 0 Å². The molecule has 0 radical (unpaired) electrons. The van der Waals surface area contributed by atoms with E-state index in [0.717, 1.165) is 13.4 Å². The predicted molar refractivity (Wildman–Crippen MR) is 88.7 cm³/mol. The van der Waals surface area contributed by atoms with Gasteiger partial charge in [0.05, 0.1) is 6.07 Å². The van der Waals surface area contributed by atoms with Gasteiger partial charge in [0.15, 0.2) is 5.78 Å². The standard InChI is InChI=1S/C15H8Br3NO/c16-11-3-1-9(2-4-11)14(8-19)15(20)10-5-12(17)7-13(18)6-10/h1-7,14H. The summed E-state index contributed by atoms with van der Waals surface area (Å²) in [6.45, 7) is 0. The highest BCUT2D eigenvalue weighted by Gasteiger charge is 2.22. The molecule has 0 aliphatic carbocycles. The number of halogens is 3. The SMILES string of the molecule is N#CC(C(=O)c1cc(Br)cc(Br)c1)c1ccc(Br)cc1. The molecule has 2 nitrogen and oxygen atoms in total. The molecular weight excluding hydrogens is 450 g/mol. The molecule has 0 saturated carbocycles. The van der Waals surface area contributed by atoms with Crippen molar-refractivity contribution >= 4 is 53.6 Å². The van der Waals surface area contributed by atoms with Gasteiger partial charge in [-0.3, -0.25) is 4.79 Å². The van der Waals surface area contributed by atoms with Crippen LogP contribution < -0.4 is 0 Å². The average Bonchev–Trinajstić information content (AvgIpc) is 2.40. The molecule has 0 aromatic heterocycles. The number of nitriles is 1. The van der Waals surface area contributed by atoms with Crippen molar-refractivity contribution in [3.63, 3.8) is 0 Å². The van der Waals surface area contributed by atoms with Crippen molar-refractivity contribution in [1.29, 1.82) is 5.26 Å². The summed E-state index contributed by atoms with van der Waals surface area (Å²) in [5.41, 5.74) is 1.19. The Labute approximate surface area is 142 Å². The maximum Gasteiger partial charge on any atom is 0.184 e. The zero-order chi connectivity index (χ0) is 14.7. The van der Waals surface area contributed by atoms with E-state index in [1.165, 1.54) is 0 Å². The van der Waals surface area contributed by atoms with Crippen LogP contribution in [-0.4, -0.2) is 5.78 Å². The van der Waals surface area contributed by atoms with Crippen molar-refractivity contribution in [2.45, 2.75) is 5.92 Å². The van der Waals surface area contributed by atoms with Gasteiger partial charge >= 0.3 is 0 Å². The summed E-state index contributed by atoms with van der Waals surface area (Å²) in [6, 6.07) is 14.6. The Balaban J connectivity index is 2.39. The second-order valence-corrected chi connectivity index (χ2v) is 6.88. The minimum atomic E-state index is -0.802. The van der Waals surface area contributed by atoms with Crippen LogP contribution in [0.1, 0.15) is 21.8 Å². The van der Waals surface area contributed by atoms with Gasteiger partial charge in [-0.15, -0.1) is 0 Å². The number of Topliss-reactive ketones (excluding diaryl/α,β-unsaturated/α-hetero) is 1. The van der Waals surface area contributed by atoms with Gasteiger partial charge < -0.3 is 0 Å². The molecule has 1 atom stereocenters. The molecule has 20 heavy (non-hydrogen) atoms. The highest BCUT2D eigenvalue weighted by Crippen LogP contribution is 2.26. The highest BCUT2D eigenvalue weighted by molar-refractivity contribution is 9.11. The van der Waals surface area contributed by atoms with E-state index in [1.54, 1.807) is 24.3 Å². The molecule has 1 unspecified atom stereocenters. The van der Waals surface area contributed by atoms with E-state index < -0.39 is 5.92 Å². The molecule has 5 heteroatoms. The molecule has 0 N–H and O–H groups in total. The lowest BCUT2D eigenvalue weighted by Gasteiger charge is -2.09. The number of benzene rings is 2. The van der Waals surface area contributed by atoms with Gasteiger partial charge in [0.2, 0.25) is 0 Å². The molecule has 100 valence electrons. The fourth-order valence-electron chi connectivity index (χ4n) is 1.80. The molecule has 0 aliphatic rings. The van der Waals surface area contributed by atoms with E-state index in [1.807, 2.05) is 18.2 Å². The van der Waals surface area contributed by atoms with Crippen LogP contribution in [0, 0.1) is 11.3 Å². The lowest BCUT2D eigenvalue weighted by atomic mass is 9.92. The molecule has 0 saturated heterocycles. The largest absolute Gasteiger partial charge is 0.292 e. The number of hydrogen-bond acceptors (Lipinski definition) is 2. The van der Waals surface area contributed by atoms with Crippen LogP contribution in [0.25, 0.3) is 0 Å². The molecule has 0 aliphatic heterocycles. The zero-order valence-corrected chi connectivity index (χ0v) is 14.9. The highest BCUT2D eigenvalue weighted by atomic mass is 79.9. The second-order valence-electron chi connectivity index (χ2n) is 4.14. The average molecular weight is 458 g/mol. The number of rotatable bonds is 3.